The molecule has 1 aromatic carbocycles. The Morgan fingerprint density at radius 3 is 2.83 bits per heavy atom. The van der Waals surface area contributed by atoms with Crippen LogP contribution in [0.25, 0.3) is 5.70 Å². The average Bonchev–Trinajstić information content (AvgIpc) is 2.99. The van der Waals surface area contributed by atoms with Gasteiger partial charge in [-0.1, -0.05) is 23.9 Å². The van der Waals surface area contributed by atoms with Crippen molar-refractivity contribution in [2.75, 3.05) is 26.2 Å². The second-order valence-corrected chi connectivity index (χ2v) is 6.94. The molecule has 6 heteroatoms. The maximum atomic E-state index is 14.2. The lowest BCUT2D eigenvalue weighted by Gasteiger charge is -2.29. The lowest BCUT2D eigenvalue weighted by atomic mass is 10.0. The predicted octanol–water partition coefficient (Wildman–Crippen LogP) is 2.38. The van der Waals surface area contributed by atoms with Crippen LogP contribution >= 0.6 is 11.8 Å². The molecule has 1 unspecified atom stereocenters. The van der Waals surface area contributed by atoms with E-state index in [0.717, 1.165) is 43.3 Å². The van der Waals surface area contributed by atoms with Crippen molar-refractivity contribution in [1.82, 2.24) is 15.5 Å². The zero-order valence-electron chi connectivity index (χ0n) is 13.0. The first kappa shape index (κ1) is 14.8. The topological polar surface area (TPSA) is 39.7 Å². The van der Waals surface area contributed by atoms with Gasteiger partial charge in [0.25, 0.3) is 0 Å². The average molecular weight is 330 g/mol. The number of benzene rings is 1. The number of nitrogens with zero attached hydrogens (tertiary/aromatic N) is 2. The monoisotopic (exact) mass is 330 g/mol. The summed E-state index contributed by atoms with van der Waals surface area (Å²) >= 11 is 1.76. The molecule has 0 aromatic heterocycles. The van der Waals surface area contributed by atoms with E-state index in [0.29, 0.717) is 5.56 Å². The first-order valence-electron chi connectivity index (χ1n) is 7.87. The molecule has 2 N–H and O–H groups in total. The van der Waals surface area contributed by atoms with Gasteiger partial charge in [0.05, 0.1) is 16.6 Å². The Bertz CT molecular complexity index is 719. The van der Waals surface area contributed by atoms with E-state index in [4.69, 9.17) is 0 Å². The number of amidine groups is 1. The summed E-state index contributed by atoms with van der Waals surface area (Å²) in [6, 6.07) is 6.91. The van der Waals surface area contributed by atoms with Crippen LogP contribution in [-0.4, -0.2) is 42.3 Å². The van der Waals surface area contributed by atoms with Gasteiger partial charge in [-0.05, 0) is 25.1 Å². The Morgan fingerprint density at radius 2 is 2.04 bits per heavy atom. The third-order valence-corrected chi connectivity index (χ3v) is 5.45. The highest BCUT2D eigenvalue weighted by atomic mass is 32.2. The molecule has 0 radical (unpaired) electrons. The number of piperazine rings is 1. The summed E-state index contributed by atoms with van der Waals surface area (Å²) in [7, 11) is 0. The van der Waals surface area contributed by atoms with Crippen LogP contribution in [0, 0.1) is 5.82 Å². The molecule has 23 heavy (non-hydrogen) atoms. The van der Waals surface area contributed by atoms with E-state index in [1.54, 1.807) is 17.8 Å². The molecule has 3 heterocycles. The van der Waals surface area contributed by atoms with Crippen LogP contribution in [0.15, 0.2) is 45.9 Å². The van der Waals surface area contributed by atoms with Crippen LogP contribution in [0.4, 0.5) is 4.39 Å². The van der Waals surface area contributed by atoms with Gasteiger partial charge in [0.1, 0.15) is 11.2 Å². The Kier molecular flexibility index (Phi) is 3.87. The van der Waals surface area contributed by atoms with E-state index >= 15 is 0 Å². The molecule has 0 spiro atoms. The molecule has 1 saturated heterocycles. The molecule has 0 aliphatic carbocycles. The molecule has 4 rings (SSSR count). The van der Waals surface area contributed by atoms with Gasteiger partial charge in [-0.2, -0.15) is 0 Å². The van der Waals surface area contributed by atoms with Crippen LogP contribution in [0.3, 0.4) is 0 Å². The van der Waals surface area contributed by atoms with Crippen molar-refractivity contribution in [3.63, 3.8) is 0 Å². The number of hydrogen-bond acceptors (Lipinski definition) is 5. The van der Waals surface area contributed by atoms with Gasteiger partial charge in [0, 0.05) is 37.3 Å². The molecule has 3 aliphatic rings. The van der Waals surface area contributed by atoms with E-state index in [1.807, 2.05) is 19.1 Å². The van der Waals surface area contributed by atoms with E-state index in [2.05, 4.69) is 26.6 Å². The number of aliphatic imine (C=N–C) groups is 1. The number of thioether (sulfide) groups is 1. The highest BCUT2D eigenvalue weighted by Crippen LogP contribution is 2.43. The Labute approximate surface area is 139 Å². The summed E-state index contributed by atoms with van der Waals surface area (Å²) in [5, 5.41) is 7.90. The summed E-state index contributed by atoms with van der Waals surface area (Å²) < 4.78 is 14.2. The van der Waals surface area contributed by atoms with Crippen LogP contribution in [0.2, 0.25) is 0 Å². The summed E-state index contributed by atoms with van der Waals surface area (Å²) in [5.74, 6) is 0.629. The highest BCUT2D eigenvalue weighted by molar-refractivity contribution is 8.04. The third-order valence-electron chi connectivity index (χ3n) is 4.25. The molecular formula is C17H19FN4S. The second kappa shape index (κ2) is 6.02. The first-order chi connectivity index (χ1) is 11.2. The molecule has 0 saturated carbocycles. The zero-order valence-corrected chi connectivity index (χ0v) is 13.8. The molecule has 1 atom stereocenters. The first-order valence-corrected chi connectivity index (χ1v) is 8.75. The highest BCUT2D eigenvalue weighted by Gasteiger charge is 2.32. The van der Waals surface area contributed by atoms with Crippen LogP contribution in [0.1, 0.15) is 12.5 Å². The number of nitrogens with one attached hydrogen (secondary N) is 2. The van der Waals surface area contributed by atoms with Crippen molar-refractivity contribution in [2.24, 2.45) is 4.99 Å². The Morgan fingerprint density at radius 1 is 1.26 bits per heavy atom. The van der Waals surface area contributed by atoms with Gasteiger partial charge in [-0.3, -0.25) is 4.99 Å². The van der Waals surface area contributed by atoms with Crippen molar-refractivity contribution in [3.8, 4) is 0 Å². The third kappa shape index (κ3) is 2.77. The Hall–Kier alpha value is -1.79. The van der Waals surface area contributed by atoms with E-state index < -0.39 is 0 Å². The Balaban J connectivity index is 1.74. The van der Waals surface area contributed by atoms with Crippen molar-refractivity contribution in [1.29, 1.82) is 0 Å². The SMILES string of the molecule is CC1=NC2SC(N3CCNCC3)=CC2=C(c2ccccc2F)N1. The van der Waals surface area contributed by atoms with E-state index in [-0.39, 0.29) is 11.2 Å². The van der Waals surface area contributed by atoms with Crippen LogP contribution in [0.5, 0.6) is 0 Å². The van der Waals surface area contributed by atoms with Crippen LogP contribution < -0.4 is 10.6 Å². The molecular weight excluding hydrogens is 311 g/mol. The summed E-state index contributed by atoms with van der Waals surface area (Å²) in [4.78, 5) is 7.07. The molecule has 1 aromatic rings. The number of fused-ring (bicyclic) bond motifs is 1. The minimum absolute atomic E-state index is 0.0238. The van der Waals surface area contributed by atoms with Crippen molar-refractivity contribution < 1.29 is 4.39 Å². The lowest BCUT2D eigenvalue weighted by molar-refractivity contribution is 0.317. The maximum absolute atomic E-state index is 14.2. The number of hydrogen-bond donors (Lipinski definition) is 2. The van der Waals surface area contributed by atoms with Gasteiger partial charge in [0.15, 0.2) is 0 Å². The van der Waals surface area contributed by atoms with Gasteiger partial charge in [-0.15, -0.1) is 0 Å². The van der Waals surface area contributed by atoms with E-state index in [1.165, 1.54) is 11.1 Å². The molecule has 0 amide bonds. The lowest BCUT2D eigenvalue weighted by Crippen LogP contribution is -2.42. The molecule has 0 bridgehead atoms. The fraction of sp³-hybridized carbons (Fsp3) is 0.353. The van der Waals surface area contributed by atoms with Gasteiger partial charge in [0.2, 0.25) is 0 Å². The molecule has 3 aliphatic heterocycles. The largest absolute Gasteiger partial charge is 0.364 e. The number of halogens is 1. The van der Waals surface area contributed by atoms with Gasteiger partial charge in [-0.25, -0.2) is 4.39 Å². The van der Waals surface area contributed by atoms with Gasteiger partial charge < -0.3 is 15.5 Å². The predicted molar refractivity (Wildman–Crippen MR) is 93.5 cm³/mol. The molecule has 120 valence electrons. The normalized spacial score (nSPS) is 24.1. The van der Waals surface area contributed by atoms with Crippen LogP contribution in [-0.2, 0) is 0 Å². The summed E-state index contributed by atoms with van der Waals surface area (Å²) in [6.45, 7) is 5.94. The minimum Gasteiger partial charge on any atom is -0.364 e. The summed E-state index contributed by atoms with van der Waals surface area (Å²) in [6.07, 6.45) is 2.17. The van der Waals surface area contributed by atoms with Crippen molar-refractivity contribution in [2.45, 2.75) is 12.3 Å². The molecule has 1 fully saturated rings. The molecule has 4 nitrogen and oxygen atoms in total. The number of rotatable bonds is 2. The van der Waals surface area contributed by atoms with Crippen molar-refractivity contribution in [3.05, 3.63) is 52.3 Å². The zero-order chi connectivity index (χ0) is 15.8. The fourth-order valence-electron chi connectivity index (χ4n) is 3.11. The smallest absolute Gasteiger partial charge is 0.132 e. The van der Waals surface area contributed by atoms with Crippen molar-refractivity contribution >= 4 is 23.3 Å². The minimum atomic E-state index is -0.204. The van der Waals surface area contributed by atoms with Gasteiger partial charge >= 0.3 is 0 Å². The quantitative estimate of drug-likeness (QED) is 0.873. The summed E-state index contributed by atoms with van der Waals surface area (Å²) in [5.41, 5.74) is 2.53. The maximum Gasteiger partial charge on any atom is 0.132 e. The standard InChI is InChI=1S/C17H19FN4S/c1-11-20-16(12-4-2-3-5-14(12)18)13-10-15(23-17(13)21-11)22-8-6-19-7-9-22/h2-5,10,17,19H,6-9H2,1H3,(H,20,21). The second-order valence-electron chi connectivity index (χ2n) is 5.84. The fourth-order valence-corrected chi connectivity index (χ4v) is 4.39. The van der Waals surface area contributed by atoms with E-state index in [9.17, 15) is 4.39 Å².